The second-order valence-electron chi connectivity index (χ2n) is 2.56. The minimum absolute atomic E-state index is 0.567. The van der Waals surface area contributed by atoms with Crippen LogP contribution in [0.2, 0.25) is 0 Å². The molecule has 0 amide bonds. The summed E-state index contributed by atoms with van der Waals surface area (Å²) in [7, 11) is 0. The third kappa shape index (κ3) is 2.22. The van der Waals surface area contributed by atoms with Crippen LogP contribution in [0.25, 0.3) is 0 Å². The van der Waals surface area contributed by atoms with E-state index in [1.165, 1.54) is 0 Å². The summed E-state index contributed by atoms with van der Waals surface area (Å²) in [5.74, 6) is -1.91. The van der Waals surface area contributed by atoms with Crippen molar-refractivity contribution in [3.8, 4) is 0 Å². The Labute approximate surface area is 75.5 Å². The van der Waals surface area contributed by atoms with Crippen molar-refractivity contribution in [1.82, 2.24) is 0 Å². The molecule has 0 spiro atoms. The number of hydrogen-bond acceptors (Lipinski definition) is 2. The maximum absolute atomic E-state index is 12.0. The lowest BCUT2D eigenvalue weighted by atomic mass is 10.2. The van der Waals surface area contributed by atoms with Gasteiger partial charge in [-0.3, -0.25) is 0 Å². The SMILES string of the molecule is NC(c1ccc(C(F)(F)F)o1)C(F)F. The molecule has 1 unspecified atom stereocenters. The van der Waals surface area contributed by atoms with Gasteiger partial charge in [0.05, 0.1) is 0 Å². The molecule has 80 valence electrons. The van der Waals surface area contributed by atoms with Crippen LogP contribution < -0.4 is 5.73 Å². The van der Waals surface area contributed by atoms with E-state index in [1.807, 2.05) is 0 Å². The van der Waals surface area contributed by atoms with Crippen molar-refractivity contribution in [1.29, 1.82) is 0 Å². The van der Waals surface area contributed by atoms with E-state index in [4.69, 9.17) is 5.73 Å². The van der Waals surface area contributed by atoms with Gasteiger partial charge < -0.3 is 10.2 Å². The minimum atomic E-state index is -4.68. The van der Waals surface area contributed by atoms with E-state index in [1.54, 1.807) is 0 Å². The first-order valence-corrected chi connectivity index (χ1v) is 3.53. The second kappa shape index (κ2) is 3.56. The molecule has 0 aliphatic rings. The van der Waals surface area contributed by atoms with Crippen molar-refractivity contribution in [3.05, 3.63) is 23.7 Å². The number of halogens is 5. The lowest BCUT2D eigenvalue weighted by molar-refractivity contribution is -0.153. The largest absolute Gasteiger partial charge is 0.455 e. The molecule has 0 radical (unpaired) electrons. The molecular weight excluding hydrogens is 209 g/mol. The zero-order chi connectivity index (χ0) is 10.9. The van der Waals surface area contributed by atoms with Crippen molar-refractivity contribution in [3.63, 3.8) is 0 Å². The van der Waals surface area contributed by atoms with Gasteiger partial charge in [-0.2, -0.15) is 13.2 Å². The maximum atomic E-state index is 12.0. The Kier molecular flexibility index (Phi) is 2.79. The van der Waals surface area contributed by atoms with Gasteiger partial charge in [-0.25, -0.2) is 8.78 Å². The molecule has 14 heavy (non-hydrogen) atoms. The standard InChI is InChI=1S/C7H6F5NO/c8-6(9)5(13)3-1-2-4(14-3)7(10,11)12/h1-2,5-6H,13H2. The van der Waals surface area contributed by atoms with E-state index < -0.39 is 30.2 Å². The fourth-order valence-electron chi connectivity index (χ4n) is 0.809. The fraction of sp³-hybridized carbons (Fsp3) is 0.429. The Bertz CT molecular complexity index is 305. The van der Waals surface area contributed by atoms with Gasteiger partial charge in [0.25, 0.3) is 6.43 Å². The molecule has 0 aliphatic carbocycles. The first-order valence-electron chi connectivity index (χ1n) is 3.53. The van der Waals surface area contributed by atoms with Crippen LogP contribution in [0.15, 0.2) is 16.5 Å². The summed E-state index contributed by atoms with van der Waals surface area (Å²) in [5, 5.41) is 0. The van der Waals surface area contributed by atoms with Crippen molar-refractivity contribution in [2.24, 2.45) is 5.73 Å². The number of rotatable bonds is 2. The van der Waals surface area contributed by atoms with Gasteiger partial charge in [-0.05, 0) is 12.1 Å². The van der Waals surface area contributed by atoms with Crippen molar-refractivity contribution in [2.45, 2.75) is 18.6 Å². The number of nitrogens with two attached hydrogens (primary N) is 1. The predicted molar refractivity (Wildman–Crippen MR) is 36.6 cm³/mol. The van der Waals surface area contributed by atoms with Crippen LogP contribution in [0.5, 0.6) is 0 Å². The summed E-state index contributed by atoms with van der Waals surface area (Å²) in [4.78, 5) is 0. The molecule has 1 heterocycles. The normalized spacial score (nSPS) is 14.8. The molecule has 1 aromatic heterocycles. The molecule has 2 nitrogen and oxygen atoms in total. The molecule has 0 aromatic carbocycles. The van der Waals surface area contributed by atoms with Gasteiger partial charge in [-0.15, -0.1) is 0 Å². The number of alkyl halides is 5. The molecule has 0 fully saturated rings. The lowest BCUT2D eigenvalue weighted by Gasteiger charge is -2.06. The number of furan rings is 1. The van der Waals surface area contributed by atoms with E-state index >= 15 is 0 Å². The van der Waals surface area contributed by atoms with Crippen molar-refractivity contribution >= 4 is 0 Å². The topological polar surface area (TPSA) is 39.2 Å². The zero-order valence-electron chi connectivity index (χ0n) is 6.68. The van der Waals surface area contributed by atoms with E-state index in [-0.39, 0.29) is 0 Å². The third-order valence-electron chi connectivity index (χ3n) is 1.51. The van der Waals surface area contributed by atoms with Gasteiger partial charge in [0.1, 0.15) is 11.8 Å². The maximum Gasteiger partial charge on any atom is 0.449 e. The van der Waals surface area contributed by atoms with Crippen LogP contribution in [0.3, 0.4) is 0 Å². The average molecular weight is 215 g/mol. The summed E-state index contributed by atoms with van der Waals surface area (Å²) in [6, 6.07) is -0.469. The monoisotopic (exact) mass is 215 g/mol. The molecule has 1 aromatic rings. The van der Waals surface area contributed by atoms with Gasteiger partial charge in [0.2, 0.25) is 5.76 Å². The summed E-state index contributed by atoms with van der Waals surface area (Å²) in [6.45, 7) is 0. The van der Waals surface area contributed by atoms with Crippen LogP contribution in [-0.4, -0.2) is 6.43 Å². The Hall–Kier alpha value is -1.11. The lowest BCUT2D eigenvalue weighted by Crippen LogP contribution is -2.18. The Morgan fingerprint density at radius 1 is 1.21 bits per heavy atom. The molecule has 0 saturated carbocycles. The Balaban J connectivity index is 2.89. The van der Waals surface area contributed by atoms with Gasteiger partial charge >= 0.3 is 6.18 Å². The summed E-state index contributed by atoms with van der Waals surface area (Å²) in [5.41, 5.74) is 4.88. The van der Waals surface area contributed by atoms with E-state index in [9.17, 15) is 22.0 Å². The first kappa shape index (κ1) is 11.0. The molecule has 0 saturated heterocycles. The molecule has 7 heteroatoms. The van der Waals surface area contributed by atoms with E-state index in [0.29, 0.717) is 6.07 Å². The quantitative estimate of drug-likeness (QED) is 0.770. The molecular formula is C7H6F5NO. The molecule has 1 rings (SSSR count). The van der Waals surface area contributed by atoms with E-state index in [2.05, 4.69) is 4.42 Å². The van der Waals surface area contributed by atoms with E-state index in [0.717, 1.165) is 6.07 Å². The Morgan fingerprint density at radius 3 is 2.14 bits per heavy atom. The minimum Gasteiger partial charge on any atom is -0.455 e. The second-order valence-corrected chi connectivity index (χ2v) is 2.56. The average Bonchev–Trinajstić information content (AvgIpc) is 2.49. The molecule has 1 atom stereocenters. The van der Waals surface area contributed by atoms with Gasteiger partial charge in [-0.1, -0.05) is 0 Å². The molecule has 0 bridgehead atoms. The fourth-order valence-corrected chi connectivity index (χ4v) is 0.809. The van der Waals surface area contributed by atoms with Crippen molar-refractivity contribution < 1.29 is 26.4 Å². The Morgan fingerprint density at radius 2 is 1.79 bits per heavy atom. The molecule has 2 N–H and O–H groups in total. The summed E-state index contributed by atoms with van der Waals surface area (Å²) >= 11 is 0. The highest BCUT2D eigenvalue weighted by atomic mass is 19.4. The summed E-state index contributed by atoms with van der Waals surface area (Å²) < 4.78 is 63.9. The summed E-state index contributed by atoms with van der Waals surface area (Å²) in [6.07, 6.45) is -7.64. The first-order chi connectivity index (χ1) is 6.32. The highest BCUT2D eigenvalue weighted by molar-refractivity contribution is 5.13. The smallest absolute Gasteiger partial charge is 0.449 e. The third-order valence-corrected chi connectivity index (χ3v) is 1.51. The number of hydrogen-bond donors (Lipinski definition) is 1. The van der Waals surface area contributed by atoms with Gasteiger partial charge in [0, 0.05) is 0 Å². The van der Waals surface area contributed by atoms with Crippen LogP contribution in [0.4, 0.5) is 22.0 Å². The van der Waals surface area contributed by atoms with Crippen LogP contribution in [0, 0.1) is 0 Å². The zero-order valence-corrected chi connectivity index (χ0v) is 6.68. The highest BCUT2D eigenvalue weighted by Crippen LogP contribution is 2.32. The van der Waals surface area contributed by atoms with Crippen LogP contribution in [0.1, 0.15) is 17.6 Å². The van der Waals surface area contributed by atoms with Crippen molar-refractivity contribution in [2.75, 3.05) is 0 Å². The molecule has 0 aliphatic heterocycles. The van der Waals surface area contributed by atoms with Crippen LogP contribution >= 0.6 is 0 Å². The van der Waals surface area contributed by atoms with Crippen LogP contribution in [-0.2, 0) is 6.18 Å². The highest BCUT2D eigenvalue weighted by Gasteiger charge is 2.36. The van der Waals surface area contributed by atoms with Gasteiger partial charge in [0.15, 0.2) is 0 Å². The predicted octanol–water partition coefficient (Wildman–Crippen LogP) is 2.56.